The van der Waals surface area contributed by atoms with Crippen LogP contribution in [0.3, 0.4) is 0 Å². The van der Waals surface area contributed by atoms with Crippen LogP contribution in [0.2, 0.25) is 0 Å². The number of piperazine rings is 1. The van der Waals surface area contributed by atoms with Crippen LogP contribution in [-0.2, 0) is 4.74 Å². The van der Waals surface area contributed by atoms with Gasteiger partial charge in [-0.3, -0.25) is 0 Å². The molecular formula is C19H23BrN8O2. The normalized spacial score (nSPS) is 15.0. The van der Waals surface area contributed by atoms with Crippen molar-refractivity contribution < 1.29 is 9.53 Å². The van der Waals surface area contributed by atoms with E-state index in [4.69, 9.17) is 4.74 Å². The maximum atomic E-state index is 12.2. The molecule has 158 valence electrons. The maximum absolute atomic E-state index is 12.2. The number of tetrazole rings is 1. The van der Waals surface area contributed by atoms with E-state index in [1.165, 1.54) is 6.20 Å². The molecule has 3 rings (SSSR count). The molecule has 2 heterocycles. The topological polar surface area (TPSA) is 123 Å². The molecular weight excluding hydrogens is 452 g/mol. The van der Waals surface area contributed by atoms with Gasteiger partial charge >= 0.3 is 6.09 Å². The van der Waals surface area contributed by atoms with E-state index in [-0.39, 0.29) is 17.5 Å². The molecule has 1 fully saturated rings. The third-order valence-electron chi connectivity index (χ3n) is 4.31. The monoisotopic (exact) mass is 474 g/mol. The van der Waals surface area contributed by atoms with Crippen LogP contribution in [0.25, 0.3) is 5.57 Å². The van der Waals surface area contributed by atoms with Crippen LogP contribution in [0.1, 0.15) is 26.6 Å². The Balaban J connectivity index is 1.61. The summed E-state index contributed by atoms with van der Waals surface area (Å²) in [4.78, 5) is 16.2. The van der Waals surface area contributed by atoms with Crippen molar-refractivity contribution in [3.05, 3.63) is 34.7 Å². The van der Waals surface area contributed by atoms with Crippen LogP contribution in [-0.4, -0.2) is 63.4 Å². The summed E-state index contributed by atoms with van der Waals surface area (Å²) in [7, 11) is 0. The Labute approximate surface area is 183 Å². The molecule has 2 aromatic rings. The number of H-pyrrole nitrogens is 1. The molecule has 10 nitrogen and oxygen atoms in total. The molecule has 1 aromatic carbocycles. The van der Waals surface area contributed by atoms with Gasteiger partial charge < -0.3 is 19.9 Å². The zero-order chi connectivity index (χ0) is 21.7. The summed E-state index contributed by atoms with van der Waals surface area (Å²) < 4.78 is 6.35. The molecule has 30 heavy (non-hydrogen) atoms. The number of rotatable bonds is 4. The Morgan fingerprint density at radius 3 is 2.63 bits per heavy atom. The fraction of sp³-hybridized carbons (Fsp3) is 0.421. The fourth-order valence-electron chi connectivity index (χ4n) is 2.89. The van der Waals surface area contributed by atoms with Gasteiger partial charge in [0, 0.05) is 42.5 Å². The SMILES string of the molecule is CC(C)(C)OC(=O)N1CCN(c2ccc(NC=C(C#N)c3nn[nH]n3)cc2Br)CC1. The van der Waals surface area contributed by atoms with Crippen LogP contribution < -0.4 is 10.2 Å². The van der Waals surface area contributed by atoms with Crippen LogP contribution in [0.15, 0.2) is 28.9 Å². The number of nitrogens with one attached hydrogen (secondary N) is 2. The van der Waals surface area contributed by atoms with E-state index in [1.54, 1.807) is 4.90 Å². The average molecular weight is 475 g/mol. The second kappa shape index (κ2) is 9.13. The zero-order valence-corrected chi connectivity index (χ0v) is 18.6. The summed E-state index contributed by atoms with van der Waals surface area (Å²) in [6.07, 6.45) is 1.26. The number of halogens is 1. The smallest absolute Gasteiger partial charge is 0.410 e. The second-order valence-electron chi connectivity index (χ2n) is 7.67. The van der Waals surface area contributed by atoms with Crippen LogP contribution in [0, 0.1) is 11.3 Å². The van der Waals surface area contributed by atoms with E-state index in [1.807, 2.05) is 45.0 Å². The van der Waals surface area contributed by atoms with E-state index in [2.05, 4.69) is 46.8 Å². The van der Waals surface area contributed by atoms with Gasteiger partial charge in [0.25, 0.3) is 0 Å². The van der Waals surface area contributed by atoms with E-state index >= 15 is 0 Å². The number of carbonyl (C=O) groups is 1. The molecule has 1 amide bonds. The third-order valence-corrected chi connectivity index (χ3v) is 4.94. The van der Waals surface area contributed by atoms with Crippen molar-refractivity contribution >= 4 is 39.0 Å². The van der Waals surface area contributed by atoms with Gasteiger partial charge in [0.1, 0.15) is 17.2 Å². The van der Waals surface area contributed by atoms with E-state index in [0.717, 1.165) is 15.8 Å². The lowest BCUT2D eigenvalue weighted by Crippen LogP contribution is -2.50. The maximum Gasteiger partial charge on any atom is 0.410 e. The number of hydrogen-bond acceptors (Lipinski definition) is 8. The van der Waals surface area contributed by atoms with Crippen molar-refractivity contribution in [2.75, 3.05) is 36.4 Å². The highest BCUT2D eigenvalue weighted by atomic mass is 79.9. The number of aromatic nitrogens is 4. The highest BCUT2D eigenvalue weighted by Crippen LogP contribution is 2.30. The molecule has 0 saturated carbocycles. The number of allylic oxidation sites excluding steroid dienone is 1. The number of hydrogen-bond donors (Lipinski definition) is 2. The number of ether oxygens (including phenoxy) is 1. The van der Waals surface area contributed by atoms with Crippen LogP contribution >= 0.6 is 15.9 Å². The highest BCUT2D eigenvalue weighted by molar-refractivity contribution is 9.10. The number of nitrogens with zero attached hydrogens (tertiary/aromatic N) is 6. The van der Waals surface area contributed by atoms with Gasteiger partial charge in [0.05, 0.1) is 5.69 Å². The first-order valence-electron chi connectivity index (χ1n) is 9.40. The summed E-state index contributed by atoms with van der Waals surface area (Å²) in [5.74, 6) is 0.226. The van der Waals surface area contributed by atoms with Crippen molar-refractivity contribution in [2.45, 2.75) is 26.4 Å². The molecule has 0 aliphatic carbocycles. The summed E-state index contributed by atoms with van der Waals surface area (Å²) in [6.45, 7) is 8.21. The number of nitriles is 1. The molecule has 0 bridgehead atoms. The molecule has 0 spiro atoms. The third kappa shape index (κ3) is 5.48. The van der Waals surface area contributed by atoms with Gasteiger partial charge in [0.2, 0.25) is 5.82 Å². The predicted octanol–water partition coefficient (Wildman–Crippen LogP) is 3.00. The largest absolute Gasteiger partial charge is 0.444 e. The molecule has 1 saturated heterocycles. The minimum atomic E-state index is -0.496. The molecule has 1 aliphatic heterocycles. The van der Waals surface area contributed by atoms with E-state index < -0.39 is 5.60 Å². The zero-order valence-electron chi connectivity index (χ0n) is 17.0. The Morgan fingerprint density at radius 1 is 1.33 bits per heavy atom. The summed E-state index contributed by atoms with van der Waals surface area (Å²) in [5.41, 5.74) is 1.60. The minimum absolute atomic E-state index is 0.226. The first-order chi connectivity index (χ1) is 14.3. The standard InChI is InChI=1S/C19H23BrN8O2/c1-19(2,3)30-18(29)28-8-6-27(7-9-28)16-5-4-14(10-15(16)20)22-12-13(11-21)17-23-25-26-24-17/h4-5,10,12,22H,6-9H2,1-3H3,(H,23,24,25,26). The summed E-state index contributed by atoms with van der Waals surface area (Å²) in [6, 6.07) is 7.87. The van der Waals surface area contributed by atoms with Gasteiger partial charge in [-0.05, 0) is 60.1 Å². The second-order valence-corrected chi connectivity index (χ2v) is 8.52. The number of aromatic amines is 1. The number of carbonyl (C=O) groups excluding carboxylic acids is 1. The van der Waals surface area contributed by atoms with Crippen molar-refractivity contribution in [3.63, 3.8) is 0 Å². The fourth-order valence-corrected chi connectivity index (χ4v) is 3.52. The Hall–Kier alpha value is -3.13. The number of amides is 1. The summed E-state index contributed by atoms with van der Waals surface area (Å²) in [5, 5.41) is 25.7. The van der Waals surface area contributed by atoms with Crippen molar-refractivity contribution in [2.24, 2.45) is 0 Å². The van der Waals surface area contributed by atoms with Gasteiger partial charge in [0.15, 0.2) is 0 Å². The van der Waals surface area contributed by atoms with Crippen molar-refractivity contribution in [1.29, 1.82) is 5.26 Å². The molecule has 0 unspecified atom stereocenters. The van der Waals surface area contributed by atoms with Gasteiger partial charge in [-0.25, -0.2) is 4.79 Å². The molecule has 1 aromatic heterocycles. The molecule has 0 radical (unpaired) electrons. The average Bonchev–Trinajstić information content (AvgIpc) is 3.22. The lowest BCUT2D eigenvalue weighted by Gasteiger charge is -2.37. The quantitative estimate of drug-likeness (QED) is 0.647. The number of anilines is 2. The summed E-state index contributed by atoms with van der Waals surface area (Å²) >= 11 is 3.62. The Bertz CT molecular complexity index is 954. The number of benzene rings is 1. The lowest BCUT2D eigenvalue weighted by molar-refractivity contribution is 0.0240. The predicted molar refractivity (Wildman–Crippen MR) is 116 cm³/mol. The van der Waals surface area contributed by atoms with Crippen LogP contribution in [0.4, 0.5) is 16.2 Å². The Kier molecular flexibility index (Phi) is 6.56. The van der Waals surface area contributed by atoms with Crippen molar-refractivity contribution in [1.82, 2.24) is 25.5 Å². The first-order valence-corrected chi connectivity index (χ1v) is 10.2. The van der Waals surface area contributed by atoms with Crippen LogP contribution in [0.5, 0.6) is 0 Å². The van der Waals surface area contributed by atoms with E-state index in [0.29, 0.717) is 26.2 Å². The molecule has 0 atom stereocenters. The Morgan fingerprint density at radius 2 is 2.07 bits per heavy atom. The molecule has 11 heteroatoms. The van der Waals surface area contributed by atoms with E-state index in [9.17, 15) is 10.1 Å². The van der Waals surface area contributed by atoms with Gasteiger partial charge in [-0.15, -0.1) is 10.2 Å². The minimum Gasteiger partial charge on any atom is -0.444 e. The first kappa shape index (κ1) is 21.6. The highest BCUT2D eigenvalue weighted by Gasteiger charge is 2.26. The van der Waals surface area contributed by atoms with Gasteiger partial charge in [-0.2, -0.15) is 10.5 Å². The lowest BCUT2D eigenvalue weighted by atomic mass is 10.2. The molecule has 1 aliphatic rings. The van der Waals surface area contributed by atoms with Crippen molar-refractivity contribution in [3.8, 4) is 6.07 Å². The van der Waals surface area contributed by atoms with Gasteiger partial charge in [-0.1, -0.05) is 0 Å². The molecule has 2 N–H and O–H groups in total.